The molecule has 4 aliphatic rings. The van der Waals surface area contributed by atoms with Gasteiger partial charge in [-0.1, -0.05) is 50.2 Å². The van der Waals surface area contributed by atoms with E-state index in [1.165, 1.54) is 19.3 Å². The molecule has 0 amide bonds. The molecule has 2 aromatic rings. The van der Waals surface area contributed by atoms with E-state index in [0.717, 1.165) is 54.9 Å². The summed E-state index contributed by atoms with van der Waals surface area (Å²) >= 11 is 0. The number of nitrogens with one attached hydrogen (secondary N) is 2. The number of rotatable bonds is 5. The molecule has 1 unspecified atom stereocenters. The van der Waals surface area contributed by atoms with Crippen LogP contribution in [0.5, 0.6) is 0 Å². The second-order valence-corrected chi connectivity index (χ2v) is 12.8. The lowest BCUT2D eigenvalue weighted by Gasteiger charge is -2.60. The second-order valence-electron chi connectivity index (χ2n) is 12.8. The molecular weight excluding hydrogens is 484 g/mol. The van der Waals surface area contributed by atoms with Crippen LogP contribution in [0.1, 0.15) is 72.1 Å². The molecule has 206 valence electrons. The van der Waals surface area contributed by atoms with Crippen LogP contribution in [0.15, 0.2) is 70.9 Å². The predicted octanol–water partition coefficient (Wildman–Crippen LogP) is 7.51. The van der Waals surface area contributed by atoms with Crippen molar-refractivity contribution in [2.45, 2.75) is 78.2 Å². The summed E-state index contributed by atoms with van der Waals surface area (Å²) in [5.74, 6) is 2.42. The van der Waals surface area contributed by atoms with E-state index in [2.05, 4.69) is 49.0 Å². The predicted molar refractivity (Wildman–Crippen MR) is 158 cm³/mol. The highest BCUT2D eigenvalue weighted by atomic mass is 16.5. The van der Waals surface area contributed by atoms with E-state index in [0.29, 0.717) is 29.1 Å². The van der Waals surface area contributed by atoms with Gasteiger partial charge in [0.15, 0.2) is 0 Å². The van der Waals surface area contributed by atoms with Crippen LogP contribution in [0.2, 0.25) is 0 Å². The Hall–Kier alpha value is -3.15. The number of fused-ring (bicyclic) bond motifs is 5. The van der Waals surface area contributed by atoms with Crippen molar-refractivity contribution in [3.8, 4) is 0 Å². The first-order chi connectivity index (χ1) is 18.9. The molecule has 0 aromatic heterocycles. The highest BCUT2D eigenvalue weighted by molar-refractivity contribution is 6.46. The first-order valence-corrected chi connectivity index (χ1v) is 14.8. The Bertz CT molecular complexity index is 1240. The third-order valence-electron chi connectivity index (χ3n) is 10.7. The quantitative estimate of drug-likeness (QED) is 0.312. The Morgan fingerprint density at radius 2 is 1.51 bits per heavy atom. The summed E-state index contributed by atoms with van der Waals surface area (Å²) in [6, 6.07) is 20.4. The molecule has 6 heteroatoms. The topological polar surface area (TPSA) is 75.1 Å². The van der Waals surface area contributed by atoms with Crippen LogP contribution >= 0.6 is 0 Å². The Morgan fingerprint density at radius 3 is 2.18 bits per heavy atom. The van der Waals surface area contributed by atoms with Crippen molar-refractivity contribution < 1.29 is 9.53 Å². The number of nitrogens with zero attached hydrogens (tertiary/aromatic N) is 2. The minimum atomic E-state index is -0.136. The Morgan fingerprint density at radius 1 is 0.846 bits per heavy atom. The molecule has 0 spiro atoms. The number of benzene rings is 2. The van der Waals surface area contributed by atoms with Crippen molar-refractivity contribution in [2.75, 3.05) is 10.9 Å². The fraction of sp³-hybridized carbons (Fsp3) is 0.545. The maximum atomic E-state index is 11.6. The summed E-state index contributed by atoms with van der Waals surface area (Å²) in [6.45, 7) is 6.54. The summed E-state index contributed by atoms with van der Waals surface area (Å²) in [6.07, 6.45) is 9.09. The van der Waals surface area contributed by atoms with Gasteiger partial charge in [-0.3, -0.25) is 15.6 Å². The molecule has 0 bridgehead atoms. The molecule has 0 saturated heterocycles. The van der Waals surface area contributed by atoms with Crippen molar-refractivity contribution >= 4 is 28.8 Å². The molecule has 2 N–H and O–H groups in total. The van der Waals surface area contributed by atoms with Gasteiger partial charge in [-0.15, -0.1) is 0 Å². The minimum Gasteiger partial charge on any atom is -0.463 e. The molecule has 2 aromatic carbocycles. The van der Waals surface area contributed by atoms with Crippen molar-refractivity contribution in [3.63, 3.8) is 0 Å². The summed E-state index contributed by atoms with van der Waals surface area (Å²) in [7, 11) is 0. The highest BCUT2D eigenvalue weighted by Gasteiger charge is 2.61. The molecule has 0 heterocycles. The fourth-order valence-corrected chi connectivity index (χ4v) is 8.75. The van der Waals surface area contributed by atoms with Gasteiger partial charge in [0, 0.05) is 12.3 Å². The largest absolute Gasteiger partial charge is 0.463 e. The number of hydrogen-bond donors (Lipinski definition) is 2. The van der Waals surface area contributed by atoms with E-state index in [-0.39, 0.29) is 17.5 Å². The van der Waals surface area contributed by atoms with Crippen LogP contribution in [0.3, 0.4) is 0 Å². The van der Waals surface area contributed by atoms with Crippen LogP contribution in [-0.4, -0.2) is 23.5 Å². The molecule has 4 fully saturated rings. The maximum Gasteiger partial charge on any atom is 0.302 e. The van der Waals surface area contributed by atoms with Gasteiger partial charge in [-0.05, 0) is 105 Å². The van der Waals surface area contributed by atoms with E-state index in [1.807, 2.05) is 36.4 Å². The molecule has 39 heavy (non-hydrogen) atoms. The van der Waals surface area contributed by atoms with Crippen molar-refractivity contribution in [1.82, 2.24) is 0 Å². The average molecular weight is 527 g/mol. The summed E-state index contributed by atoms with van der Waals surface area (Å²) < 4.78 is 5.68. The number of hydrazone groups is 2. The zero-order chi connectivity index (χ0) is 27.0. The van der Waals surface area contributed by atoms with Crippen molar-refractivity contribution in [1.29, 1.82) is 0 Å². The SMILES string of the molecule is CC(=O)O[C@H]1CC[C@@]2(C)[C@@H](CC[C@H]3C4CC(=N\Nc5ccccc5)/C(=N/Nc5ccccc5)[C@@]4(C)CC[C@@H]32)C1. The average Bonchev–Trinajstić information content (AvgIpc) is 3.23. The van der Waals surface area contributed by atoms with Gasteiger partial charge in [0.05, 0.1) is 22.8 Å². The lowest BCUT2D eigenvalue weighted by atomic mass is 9.45. The van der Waals surface area contributed by atoms with Crippen molar-refractivity contribution in [3.05, 3.63) is 60.7 Å². The van der Waals surface area contributed by atoms with Crippen LogP contribution in [-0.2, 0) is 9.53 Å². The van der Waals surface area contributed by atoms with E-state index in [4.69, 9.17) is 14.9 Å². The zero-order valence-electron chi connectivity index (χ0n) is 23.5. The van der Waals surface area contributed by atoms with E-state index in [1.54, 1.807) is 6.92 Å². The third-order valence-corrected chi connectivity index (χ3v) is 10.7. The molecule has 6 nitrogen and oxygen atoms in total. The highest BCUT2D eigenvalue weighted by Crippen LogP contribution is 2.65. The minimum absolute atomic E-state index is 0.00170. The standard InChI is InChI=1S/C33H42N4O2/c1-22(38)39-26-16-18-32(2)23(20-26)14-15-27-28(32)17-19-33(3)29(27)21-30(36-34-24-10-6-4-7-11-24)31(33)37-35-25-12-8-5-9-13-25/h4-13,23,26-29,34-35H,14-21H2,1-3H3/b36-30+,37-31-/t23-,26-,27+,28-,29?,32-,33-/m0/s1. The van der Waals surface area contributed by atoms with Gasteiger partial charge in [0.25, 0.3) is 0 Å². The summed E-state index contributed by atoms with van der Waals surface area (Å²) in [5.41, 5.74) is 11.2. The molecule has 4 aliphatic carbocycles. The van der Waals surface area contributed by atoms with Gasteiger partial charge in [0.2, 0.25) is 0 Å². The Balaban J connectivity index is 1.28. The van der Waals surface area contributed by atoms with Gasteiger partial charge in [0.1, 0.15) is 6.10 Å². The number of carbonyl (C=O) groups excluding carboxylic acids is 1. The van der Waals surface area contributed by atoms with Crippen molar-refractivity contribution in [2.24, 2.45) is 44.7 Å². The number of esters is 1. The number of ether oxygens (including phenoxy) is 1. The molecule has 0 radical (unpaired) electrons. The molecular formula is C33H42N4O2. The van der Waals surface area contributed by atoms with E-state index in [9.17, 15) is 4.79 Å². The smallest absolute Gasteiger partial charge is 0.302 e. The maximum absolute atomic E-state index is 11.6. The van der Waals surface area contributed by atoms with Crippen LogP contribution < -0.4 is 10.9 Å². The number of anilines is 2. The lowest BCUT2D eigenvalue weighted by molar-refractivity contribution is -0.158. The van der Waals surface area contributed by atoms with Gasteiger partial charge in [-0.2, -0.15) is 10.2 Å². The van der Waals surface area contributed by atoms with Gasteiger partial charge in [-0.25, -0.2) is 0 Å². The molecule has 7 atom stereocenters. The van der Waals surface area contributed by atoms with E-state index < -0.39 is 0 Å². The summed E-state index contributed by atoms with van der Waals surface area (Å²) in [5, 5.41) is 10.0. The Labute approximate surface area is 232 Å². The first kappa shape index (κ1) is 26.1. The normalized spacial score (nSPS) is 37.5. The molecule has 0 aliphatic heterocycles. The van der Waals surface area contributed by atoms with Gasteiger partial charge < -0.3 is 4.74 Å². The molecule has 4 saturated carbocycles. The zero-order valence-corrected chi connectivity index (χ0v) is 23.5. The monoisotopic (exact) mass is 526 g/mol. The first-order valence-electron chi connectivity index (χ1n) is 14.8. The summed E-state index contributed by atoms with van der Waals surface area (Å²) in [4.78, 5) is 11.6. The number of carbonyl (C=O) groups is 1. The van der Waals surface area contributed by atoms with Crippen LogP contribution in [0.25, 0.3) is 0 Å². The van der Waals surface area contributed by atoms with E-state index >= 15 is 0 Å². The number of para-hydroxylation sites is 2. The van der Waals surface area contributed by atoms with Crippen LogP contribution in [0, 0.1) is 34.5 Å². The Kier molecular flexibility index (Phi) is 6.98. The second kappa shape index (κ2) is 10.4. The van der Waals surface area contributed by atoms with Crippen LogP contribution in [0.4, 0.5) is 11.4 Å². The van der Waals surface area contributed by atoms with Gasteiger partial charge >= 0.3 is 5.97 Å². The molecule has 6 rings (SSSR count). The number of hydrogen-bond acceptors (Lipinski definition) is 6. The lowest BCUT2D eigenvalue weighted by Crippen LogP contribution is -2.54. The fourth-order valence-electron chi connectivity index (χ4n) is 8.75. The third kappa shape index (κ3) is 4.87.